The third-order valence-electron chi connectivity index (χ3n) is 2.38. The van der Waals surface area contributed by atoms with Gasteiger partial charge in [-0.1, -0.05) is 11.8 Å². The van der Waals surface area contributed by atoms with Crippen LogP contribution in [0.15, 0.2) is 11.5 Å². The average Bonchev–Trinajstić information content (AvgIpc) is 2.71. The van der Waals surface area contributed by atoms with E-state index in [-0.39, 0.29) is 0 Å². The van der Waals surface area contributed by atoms with E-state index in [2.05, 4.69) is 15.2 Å². The van der Waals surface area contributed by atoms with Gasteiger partial charge in [0.05, 0.1) is 0 Å². The molecule has 1 aliphatic heterocycles. The maximum Gasteiger partial charge on any atom is 0.407 e. The van der Waals surface area contributed by atoms with Gasteiger partial charge in [0, 0.05) is 18.3 Å². The summed E-state index contributed by atoms with van der Waals surface area (Å²) in [6.07, 6.45) is 2.41. The molecule has 2 rings (SSSR count). The average molecular weight is 228 g/mol. The van der Waals surface area contributed by atoms with Gasteiger partial charge in [-0.15, -0.1) is 0 Å². The fourth-order valence-electron chi connectivity index (χ4n) is 1.57. The highest BCUT2D eigenvalue weighted by Gasteiger charge is 2.23. The van der Waals surface area contributed by atoms with Gasteiger partial charge in [-0.05, 0) is 12.8 Å². The number of carboxylic acid groups (broad SMARTS) is 1. The van der Waals surface area contributed by atoms with Gasteiger partial charge in [-0.2, -0.15) is 5.10 Å². The molecule has 1 aromatic heterocycles. The molecule has 1 aliphatic rings. The Labute approximate surface area is 91.1 Å². The van der Waals surface area contributed by atoms with Crippen LogP contribution in [0.25, 0.3) is 0 Å². The summed E-state index contributed by atoms with van der Waals surface area (Å²) in [7, 11) is 0. The van der Waals surface area contributed by atoms with Crippen molar-refractivity contribution in [2.45, 2.75) is 23.2 Å². The minimum Gasteiger partial charge on any atom is -0.465 e. The number of hydrogen-bond acceptors (Lipinski definition) is 4. The molecule has 1 saturated heterocycles. The predicted octanol–water partition coefficient (Wildman–Crippen LogP) is 1.04. The van der Waals surface area contributed by atoms with E-state index in [0.29, 0.717) is 18.3 Å². The summed E-state index contributed by atoms with van der Waals surface area (Å²) in [4.78, 5) is 16.2. The number of aromatic amines is 1. The van der Waals surface area contributed by atoms with Crippen LogP contribution in [0.3, 0.4) is 0 Å². The van der Waals surface area contributed by atoms with Gasteiger partial charge >= 0.3 is 6.09 Å². The van der Waals surface area contributed by atoms with Crippen LogP contribution in [-0.4, -0.2) is 49.6 Å². The van der Waals surface area contributed by atoms with Crippen molar-refractivity contribution >= 4 is 17.9 Å². The fourth-order valence-corrected chi connectivity index (χ4v) is 2.55. The van der Waals surface area contributed by atoms with E-state index in [9.17, 15) is 4.79 Å². The summed E-state index contributed by atoms with van der Waals surface area (Å²) in [6.45, 7) is 1.22. The molecule has 0 spiro atoms. The lowest BCUT2D eigenvalue weighted by Crippen LogP contribution is -2.38. The highest BCUT2D eigenvalue weighted by atomic mass is 32.2. The van der Waals surface area contributed by atoms with E-state index in [4.69, 9.17) is 5.11 Å². The molecule has 7 heteroatoms. The molecule has 2 heterocycles. The van der Waals surface area contributed by atoms with Gasteiger partial charge in [0.2, 0.25) is 0 Å². The van der Waals surface area contributed by atoms with Crippen molar-refractivity contribution in [2.24, 2.45) is 0 Å². The molecule has 1 amide bonds. The Balaban J connectivity index is 1.81. The van der Waals surface area contributed by atoms with Crippen LogP contribution in [0.2, 0.25) is 0 Å². The number of amides is 1. The summed E-state index contributed by atoms with van der Waals surface area (Å²) in [5.74, 6) is 0. The van der Waals surface area contributed by atoms with Crippen molar-refractivity contribution in [1.29, 1.82) is 0 Å². The standard InChI is InChI=1S/C8H12N4O2S/c13-8(14)12-3-1-6(2-4-12)15-7-9-5-10-11-7/h5-6H,1-4H2,(H,13,14)(H,9,10,11). The third kappa shape index (κ3) is 2.62. The van der Waals surface area contributed by atoms with Crippen molar-refractivity contribution in [2.75, 3.05) is 13.1 Å². The zero-order chi connectivity index (χ0) is 10.7. The Morgan fingerprint density at radius 2 is 2.33 bits per heavy atom. The number of H-pyrrole nitrogens is 1. The lowest BCUT2D eigenvalue weighted by atomic mass is 10.1. The maximum atomic E-state index is 10.7. The monoisotopic (exact) mass is 228 g/mol. The topological polar surface area (TPSA) is 82.1 Å². The molecule has 15 heavy (non-hydrogen) atoms. The zero-order valence-corrected chi connectivity index (χ0v) is 8.90. The molecule has 0 unspecified atom stereocenters. The van der Waals surface area contributed by atoms with E-state index >= 15 is 0 Å². The van der Waals surface area contributed by atoms with Crippen LogP contribution in [0, 0.1) is 0 Å². The Bertz CT molecular complexity index is 321. The number of thioether (sulfide) groups is 1. The molecular weight excluding hydrogens is 216 g/mol. The molecule has 0 radical (unpaired) electrons. The van der Waals surface area contributed by atoms with Crippen molar-refractivity contribution < 1.29 is 9.90 Å². The highest BCUT2D eigenvalue weighted by molar-refractivity contribution is 7.99. The first-order valence-corrected chi connectivity index (χ1v) is 5.63. The van der Waals surface area contributed by atoms with Crippen molar-refractivity contribution in [3.8, 4) is 0 Å². The summed E-state index contributed by atoms with van der Waals surface area (Å²) < 4.78 is 0. The first-order chi connectivity index (χ1) is 7.25. The molecule has 82 valence electrons. The minimum atomic E-state index is -0.821. The third-order valence-corrected chi connectivity index (χ3v) is 3.61. The first kappa shape index (κ1) is 10.3. The van der Waals surface area contributed by atoms with Crippen LogP contribution in [0.4, 0.5) is 4.79 Å². The second kappa shape index (κ2) is 4.52. The quantitative estimate of drug-likeness (QED) is 0.790. The molecule has 0 saturated carbocycles. The van der Waals surface area contributed by atoms with Gasteiger partial charge in [-0.3, -0.25) is 5.10 Å². The van der Waals surface area contributed by atoms with E-state index in [1.165, 1.54) is 11.2 Å². The largest absolute Gasteiger partial charge is 0.465 e. The Hall–Kier alpha value is -1.24. The molecule has 2 N–H and O–H groups in total. The SMILES string of the molecule is O=C(O)N1CCC(Sc2ncn[nH]2)CC1. The summed E-state index contributed by atoms with van der Waals surface area (Å²) in [5.41, 5.74) is 0. The number of piperidine rings is 1. The lowest BCUT2D eigenvalue weighted by molar-refractivity contribution is 0.136. The molecule has 0 atom stereocenters. The van der Waals surface area contributed by atoms with Gasteiger partial charge in [-0.25, -0.2) is 9.78 Å². The second-order valence-corrected chi connectivity index (χ2v) is 4.67. The maximum absolute atomic E-state index is 10.7. The number of nitrogens with zero attached hydrogens (tertiary/aromatic N) is 3. The van der Waals surface area contributed by atoms with E-state index in [1.807, 2.05) is 0 Å². The minimum absolute atomic E-state index is 0.438. The number of hydrogen-bond donors (Lipinski definition) is 2. The van der Waals surface area contributed by atoms with Crippen LogP contribution in [0.5, 0.6) is 0 Å². The highest BCUT2D eigenvalue weighted by Crippen LogP contribution is 2.27. The number of rotatable bonds is 2. The van der Waals surface area contributed by atoms with Crippen molar-refractivity contribution in [3.05, 3.63) is 6.33 Å². The van der Waals surface area contributed by atoms with Crippen LogP contribution < -0.4 is 0 Å². The summed E-state index contributed by atoms with van der Waals surface area (Å²) in [6, 6.07) is 0. The Kier molecular flexibility index (Phi) is 3.10. The number of aromatic nitrogens is 3. The number of likely N-dealkylation sites (tertiary alicyclic amines) is 1. The lowest BCUT2D eigenvalue weighted by Gasteiger charge is -2.28. The number of nitrogens with one attached hydrogen (secondary N) is 1. The first-order valence-electron chi connectivity index (χ1n) is 4.75. The molecule has 1 aromatic rings. The van der Waals surface area contributed by atoms with Gasteiger partial charge in [0.1, 0.15) is 6.33 Å². The Morgan fingerprint density at radius 3 is 2.87 bits per heavy atom. The van der Waals surface area contributed by atoms with Crippen LogP contribution in [0.1, 0.15) is 12.8 Å². The van der Waals surface area contributed by atoms with E-state index in [1.54, 1.807) is 11.8 Å². The van der Waals surface area contributed by atoms with E-state index in [0.717, 1.165) is 18.0 Å². The predicted molar refractivity (Wildman–Crippen MR) is 54.9 cm³/mol. The molecule has 0 bridgehead atoms. The fraction of sp³-hybridized carbons (Fsp3) is 0.625. The van der Waals surface area contributed by atoms with Crippen LogP contribution >= 0.6 is 11.8 Å². The van der Waals surface area contributed by atoms with Gasteiger partial charge < -0.3 is 10.0 Å². The summed E-state index contributed by atoms with van der Waals surface area (Å²) in [5, 5.41) is 16.6. The second-order valence-electron chi connectivity index (χ2n) is 3.38. The summed E-state index contributed by atoms with van der Waals surface area (Å²) >= 11 is 1.64. The normalized spacial score (nSPS) is 18.0. The number of carbonyl (C=O) groups is 1. The van der Waals surface area contributed by atoms with Crippen LogP contribution in [-0.2, 0) is 0 Å². The van der Waals surface area contributed by atoms with Gasteiger partial charge in [0.25, 0.3) is 0 Å². The van der Waals surface area contributed by atoms with Gasteiger partial charge in [0.15, 0.2) is 5.16 Å². The Morgan fingerprint density at radius 1 is 1.60 bits per heavy atom. The zero-order valence-electron chi connectivity index (χ0n) is 8.09. The van der Waals surface area contributed by atoms with Crippen molar-refractivity contribution in [1.82, 2.24) is 20.1 Å². The molecule has 0 aliphatic carbocycles. The van der Waals surface area contributed by atoms with E-state index < -0.39 is 6.09 Å². The molecule has 6 nitrogen and oxygen atoms in total. The smallest absolute Gasteiger partial charge is 0.407 e. The molecule has 0 aromatic carbocycles. The van der Waals surface area contributed by atoms with Crippen molar-refractivity contribution in [3.63, 3.8) is 0 Å². The molecule has 1 fully saturated rings. The molecular formula is C8H12N4O2S.